The van der Waals surface area contributed by atoms with Crippen LogP contribution in [0.4, 0.5) is 0 Å². The maximum atomic E-state index is 12.7. The van der Waals surface area contributed by atoms with Gasteiger partial charge < -0.3 is 145 Å². The minimum absolute atomic E-state index is 0.613. The fraction of sp³-hybridized carbons (Fsp3) is 0.949. The average Bonchev–Trinajstić information content (AvgIpc) is 3.32. The molecule has 5 aliphatic heterocycles. The first-order valence-electron chi connectivity index (χ1n) is 22.3. The van der Waals surface area contributed by atoms with E-state index in [4.69, 9.17) is 47.4 Å². The van der Waals surface area contributed by atoms with Crippen molar-refractivity contribution in [1.29, 1.82) is 0 Å². The molecule has 5 heterocycles. The van der Waals surface area contributed by atoms with Crippen LogP contribution in [0.2, 0.25) is 0 Å². The van der Waals surface area contributed by atoms with Crippen molar-refractivity contribution in [3.8, 4) is 0 Å². The van der Waals surface area contributed by atoms with Gasteiger partial charge in [0.15, 0.2) is 31.5 Å². The van der Waals surface area contributed by atoms with E-state index in [1.165, 1.54) is 6.92 Å². The third-order valence-electron chi connectivity index (χ3n) is 12.4. The summed E-state index contributed by atoms with van der Waals surface area (Å²) < 4.78 is 57.5. The lowest BCUT2D eigenvalue weighted by Gasteiger charge is -2.50. The first kappa shape index (κ1) is 58.7. The summed E-state index contributed by atoms with van der Waals surface area (Å²) >= 11 is 0. The van der Waals surface area contributed by atoms with Gasteiger partial charge in [-0.3, -0.25) is 9.59 Å². The molecular weight excluding hydrogens is 960 g/mol. The second kappa shape index (κ2) is 25.9. The Hall–Kier alpha value is -2.14. The lowest BCUT2D eigenvalue weighted by atomic mass is 9.94. The third kappa shape index (κ3) is 13.4. The van der Waals surface area contributed by atoms with Crippen LogP contribution in [0.3, 0.4) is 0 Å². The topological polar surface area (TPSA) is 494 Å². The Labute approximate surface area is 398 Å². The van der Waals surface area contributed by atoms with E-state index in [2.05, 4.69) is 10.6 Å². The summed E-state index contributed by atoms with van der Waals surface area (Å²) in [7, 11) is 0. The van der Waals surface area contributed by atoms with Crippen LogP contribution in [0.15, 0.2) is 0 Å². The Morgan fingerprint density at radius 1 is 0.557 bits per heavy atom. The van der Waals surface area contributed by atoms with Gasteiger partial charge in [0.2, 0.25) is 11.8 Å². The van der Waals surface area contributed by atoms with Crippen molar-refractivity contribution in [3.63, 3.8) is 0 Å². The first-order valence-corrected chi connectivity index (χ1v) is 22.3. The van der Waals surface area contributed by atoms with Gasteiger partial charge in [0.05, 0.1) is 51.8 Å². The fourth-order valence-corrected chi connectivity index (χ4v) is 8.46. The quantitative estimate of drug-likeness (QED) is 0.0538. The predicted octanol–water partition coefficient (Wildman–Crippen LogP) is -12.5. The van der Waals surface area contributed by atoms with E-state index in [0.29, 0.717) is 0 Å². The summed E-state index contributed by atoms with van der Waals surface area (Å²) in [5.74, 6) is -1.67. The molecule has 0 aliphatic carbocycles. The SMILES string of the molecule is CC(=O)N[C@H]1[C@H](O[C@@H]([C@H](O[C@@H]2O[C@@H](C)[C@@H](O)[C@@H](O)[C@@H]2O)[C@H](CO)NC(C)=O)[C@H](O)CO)O[C@H](CO)[C@@H](O[C@@H]2O[C@H](CO[C@H]3O[C@H](CO)[C@@H](O)[C@H](O)[C@@H]3O)[C@@H](O)[C@H](O)[C@@H]2O[C@@H]2OC[C@@H](O)[C@H](O)[C@H]2O)[C@@H]1O. The maximum absolute atomic E-state index is 12.7. The molecule has 0 spiro atoms. The van der Waals surface area contributed by atoms with Crippen LogP contribution in [0.5, 0.6) is 0 Å². The van der Waals surface area contributed by atoms with Gasteiger partial charge in [-0.25, -0.2) is 0 Å². The van der Waals surface area contributed by atoms with Crippen molar-refractivity contribution in [3.05, 3.63) is 0 Å². The number of aliphatic hydroxyl groups excluding tert-OH is 17. The number of amides is 2. The standard InChI is InChI=1S/C39H68N2O29/c1-10-20(50)25(55)30(60)38(63-10)67-31(13(4-42)40-11(2)46)32(14(48)5-43)68-35-19(41-12(3)47)24(54)33(17(7-45)65-35)69-39-34(70-37-28(58)21(51)15(49)8-61-37)27(57)23(53)18(66-39)9-62-36-29(59)26(56)22(52)16(6-44)64-36/h10,13-39,42-45,48-60H,4-9H2,1-3H3,(H,40,46)(H,41,47)/t10-,13-,14+,15+,16+,17+,18+,19+,20+,21-,22+,23+,24+,25+,26-,27-,28+,29-,30-,31+,32+,33+,34-,35-,36-,37-,38-,39-/m0/s1. The van der Waals surface area contributed by atoms with Gasteiger partial charge in [0.1, 0.15) is 128 Å². The zero-order valence-electron chi connectivity index (χ0n) is 37.9. The number of nitrogens with one attached hydrogen (secondary N) is 2. The lowest BCUT2D eigenvalue weighted by molar-refractivity contribution is -0.385. The highest BCUT2D eigenvalue weighted by molar-refractivity contribution is 5.73. The smallest absolute Gasteiger partial charge is 0.217 e. The molecule has 0 aromatic rings. The van der Waals surface area contributed by atoms with E-state index in [9.17, 15) is 96.4 Å². The largest absolute Gasteiger partial charge is 0.394 e. The minimum Gasteiger partial charge on any atom is -0.394 e. The Balaban J connectivity index is 1.47. The number of hydrogen-bond donors (Lipinski definition) is 19. The van der Waals surface area contributed by atoms with E-state index >= 15 is 0 Å². The van der Waals surface area contributed by atoms with E-state index in [1.54, 1.807) is 0 Å². The maximum Gasteiger partial charge on any atom is 0.217 e. The molecule has 0 unspecified atom stereocenters. The normalized spacial score (nSPS) is 45.5. The number of carbonyl (C=O) groups excluding carboxylic acids is 2. The predicted molar refractivity (Wildman–Crippen MR) is 217 cm³/mol. The molecule has 19 N–H and O–H groups in total. The Bertz CT molecular complexity index is 1630. The van der Waals surface area contributed by atoms with Gasteiger partial charge in [0.25, 0.3) is 0 Å². The summed E-state index contributed by atoms with van der Waals surface area (Å²) in [5.41, 5.74) is 0. The van der Waals surface area contributed by atoms with Crippen LogP contribution < -0.4 is 10.6 Å². The highest BCUT2D eigenvalue weighted by atomic mass is 16.8. The van der Waals surface area contributed by atoms with Crippen LogP contribution in [0, 0.1) is 0 Å². The number of ether oxygens (including phenoxy) is 10. The Morgan fingerprint density at radius 3 is 1.71 bits per heavy atom. The summed E-state index contributed by atoms with van der Waals surface area (Å²) in [6, 6.07) is -3.46. The fourth-order valence-electron chi connectivity index (χ4n) is 8.46. The molecule has 31 nitrogen and oxygen atoms in total. The molecule has 0 aromatic heterocycles. The number of aliphatic hydroxyl groups is 17. The van der Waals surface area contributed by atoms with E-state index in [0.717, 1.165) is 13.8 Å². The second-order valence-electron chi connectivity index (χ2n) is 17.6. The van der Waals surface area contributed by atoms with Crippen LogP contribution in [-0.2, 0) is 57.0 Å². The highest BCUT2D eigenvalue weighted by Crippen LogP contribution is 2.35. The van der Waals surface area contributed by atoms with Crippen molar-refractivity contribution < 1.29 is 144 Å². The van der Waals surface area contributed by atoms with Crippen LogP contribution >= 0.6 is 0 Å². The summed E-state index contributed by atoms with van der Waals surface area (Å²) in [6.45, 7) is -2.22. The van der Waals surface area contributed by atoms with Gasteiger partial charge in [-0.1, -0.05) is 0 Å². The van der Waals surface area contributed by atoms with E-state index in [-0.39, 0.29) is 0 Å². The molecule has 0 aromatic carbocycles. The van der Waals surface area contributed by atoms with Crippen molar-refractivity contribution >= 4 is 11.8 Å². The second-order valence-corrected chi connectivity index (χ2v) is 17.6. The molecule has 0 radical (unpaired) electrons. The number of rotatable bonds is 20. The summed E-state index contributed by atoms with van der Waals surface area (Å²) in [5, 5.41) is 185. The average molecular weight is 1030 g/mol. The van der Waals surface area contributed by atoms with Gasteiger partial charge >= 0.3 is 0 Å². The molecule has 31 heteroatoms. The van der Waals surface area contributed by atoms with Crippen LogP contribution in [-0.4, -0.2) is 310 Å². The molecular formula is C39H68N2O29. The molecule has 0 bridgehead atoms. The summed E-state index contributed by atoms with van der Waals surface area (Å²) in [6.07, 6.45) is -48.7. The Kier molecular flexibility index (Phi) is 21.7. The monoisotopic (exact) mass is 1030 g/mol. The van der Waals surface area contributed by atoms with Crippen molar-refractivity contribution in [2.24, 2.45) is 0 Å². The molecule has 408 valence electrons. The first-order chi connectivity index (χ1) is 33.0. The minimum atomic E-state index is -2.15. The molecule has 5 fully saturated rings. The number of hydrogen-bond acceptors (Lipinski definition) is 29. The molecule has 5 rings (SSSR count). The molecule has 28 atom stereocenters. The zero-order chi connectivity index (χ0) is 52.0. The van der Waals surface area contributed by atoms with Gasteiger partial charge in [0, 0.05) is 13.8 Å². The van der Waals surface area contributed by atoms with Gasteiger partial charge in [-0.05, 0) is 6.92 Å². The molecule has 5 aliphatic rings. The number of carbonyl (C=O) groups is 2. The zero-order valence-corrected chi connectivity index (χ0v) is 37.9. The van der Waals surface area contributed by atoms with Gasteiger partial charge in [-0.15, -0.1) is 0 Å². The molecule has 0 saturated carbocycles. The van der Waals surface area contributed by atoms with Gasteiger partial charge in [-0.2, -0.15) is 0 Å². The lowest BCUT2D eigenvalue weighted by Crippen LogP contribution is -2.69. The highest BCUT2D eigenvalue weighted by Gasteiger charge is 2.56. The van der Waals surface area contributed by atoms with Crippen LogP contribution in [0.1, 0.15) is 20.8 Å². The van der Waals surface area contributed by atoms with Crippen molar-refractivity contribution in [2.45, 2.75) is 192 Å². The third-order valence-corrected chi connectivity index (χ3v) is 12.4. The molecule has 2 amide bonds. The molecule has 5 saturated heterocycles. The van der Waals surface area contributed by atoms with E-state index in [1.807, 2.05) is 0 Å². The van der Waals surface area contributed by atoms with Crippen molar-refractivity contribution in [1.82, 2.24) is 10.6 Å². The Morgan fingerprint density at radius 2 is 1.11 bits per heavy atom. The van der Waals surface area contributed by atoms with E-state index < -0.39 is 223 Å². The summed E-state index contributed by atoms with van der Waals surface area (Å²) in [4.78, 5) is 25.0. The van der Waals surface area contributed by atoms with Crippen molar-refractivity contribution in [2.75, 3.05) is 39.6 Å². The van der Waals surface area contributed by atoms with Crippen LogP contribution in [0.25, 0.3) is 0 Å². The molecule has 70 heavy (non-hydrogen) atoms.